The third-order valence-electron chi connectivity index (χ3n) is 4.66. The number of aliphatic hydroxyl groups is 1. The number of halogens is 5. The maximum absolute atomic E-state index is 13.9. The summed E-state index contributed by atoms with van der Waals surface area (Å²) in [5, 5.41) is 16.1. The molecule has 1 saturated carbocycles. The molecule has 1 aromatic heterocycles. The van der Waals surface area contributed by atoms with Crippen LogP contribution in [0.15, 0.2) is 22.7 Å². The number of hydrogen-bond donors (Lipinski definition) is 2. The number of carbonyl (C=O) groups is 1. The molecule has 28 heavy (non-hydrogen) atoms. The smallest absolute Gasteiger partial charge is 0.393 e. The number of alkyl halides is 4. The third kappa shape index (κ3) is 4.30. The van der Waals surface area contributed by atoms with E-state index in [9.17, 15) is 27.5 Å². The van der Waals surface area contributed by atoms with Crippen molar-refractivity contribution in [1.29, 1.82) is 0 Å². The standard InChI is InChI=1S/C18H17ClF4N2O3/c19-8-12-15(17(27)24-10-2-1-3-11(26)7-10)25-28-16(12)9-4-5-13(14(20)6-9)18(21,22)23/h4-6,10-11,26H,1-3,7-8H2,(H,24,27)/t10-,11+/m1/s1. The number of rotatable bonds is 4. The molecule has 1 amide bonds. The quantitative estimate of drug-likeness (QED) is 0.572. The first-order valence-electron chi connectivity index (χ1n) is 8.61. The molecular formula is C18H17ClF4N2O3. The van der Waals surface area contributed by atoms with Crippen LogP contribution in [0.1, 0.15) is 47.3 Å². The lowest BCUT2D eigenvalue weighted by molar-refractivity contribution is -0.139. The van der Waals surface area contributed by atoms with Gasteiger partial charge in [0, 0.05) is 17.2 Å². The topological polar surface area (TPSA) is 75.4 Å². The van der Waals surface area contributed by atoms with Gasteiger partial charge in [-0.1, -0.05) is 11.2 Å². The van der Waals surface area contributed by atoms with Gasteiger partial charge in [0.05, 0.1) is 17.5 Å². The molecule has 1 fully saturated rings. The second-order valence-corrected chi connectivity index (χ2v) is 6.92. The highest BCUT2D eigenvalue weighted by molar-refractivity contribution is 6.18. The van der Waals surface area contributed by atoms with Crippen LogP contribution in [0.25, 0.3) is 11.3 Å². The van der Waals surface area contributed by atoms with Crippen LogP contribution in [0.4, 0.5) is 17.6 Å². The molecule has 2 N–H and O–H groups in total. The van der Waals surface area contributed by atoms with Gasteiger partial charge < -0.3 is 14.9 Å². The van der Waals surface area contributed by atoms with Gasteiger partial charge in [-0.15, -0.1) is 11.6 Å². The molecule has 1 aliphatic carbocycles. The minimum atomic E-state index is -4.82. The molecule has 5 nitrogen and oxygen atoms in total. The summed E-state index contributed by atoms with van der Waals surface area (Å²) >= 11 is 5.89. The minimum absolute atomic E-state index is 0.0132. The Morgan fingerprint density at radius 2 is 2.11 bits per heavy atom. The van der Waals surface area contributed by atoms with Crippen molar-refractivity contribution in [3.63, 3.8) is 0 Å². The first-order valence-corrected chi connectivity index (χ1v) is 9.14. The van der Waals surface area contributed by atoms with Crippen LogP contribution >= 0.6 is 11.6 Å². The van der Waals surface area contributed by atoms with Crippen LogP contribution in [-0.2, 0) is 12.1 Å². The van der Waals surface area contributed by atoms with Gasteiger partial charge in [-0.3, -0.25) is 4.79 Å². The zero-order valence-electron chi connectivity index (χ0n) is 14.5. The number of carbonyl (C=O) groups excluding carboxylic acids is 1. The lowest BCUT2D eigenvalue weighted by Gasteiger charge is -2.26. The highest BCUT2D eigenvalue weighted by Gasteiger charge is 2.34. The SMILES string of the molecule is O=C(N[C@@H]1CCC[C@H](O)C1)c1noc(-c2ccc(C(F)(F)F)c(F)c2)c1CCl. The molecular weight excluding hydrogens is 404 g/mol. The van der Waals surface area contributed by atoms with Gasteiger partial charge in [-0.25, -0.2) is 4.39 Å². The maximum atomic E-state index is 13.9. The van der Waals surface area contributed by atoms with E-state index in [0.717, 1.165) is 12.5 Å². The number of benzene rings is 1. The Morgan fingerprint density at radius 1 is 1.36 bits per heavy atom. The molecule has 0 spiro atoms. The van der Waals surface area contributed by atoms with E-state index in [4.69, 9.17) is 16.1 Å². The maximum Gasteiger partial charge on any atom is 0.419 e. The molecule has 0 aliphatic heterocycles. The van der Waals surface area contributed by atoms with E-state index in [2.05, 4.69) is 10.5 Å². The zero-order valence-corrected chi connectivity index (χ0v) is 15.3. The number of aliphatic hydroxyl groups excluding tert-OH is 1. The summed E-state index contributed by atoms with van der Waals surface area (Å²) in [6, 6.07) is 2.05. The second-order valence-electron chi connectivity index (χ2n) is 6.66. The Labute approximate surface area is 162 Å². The summed E-state index contributed by atoms with van der Waals surface area (Å²) in [5.74, 6) is -2.32. The predicted molar refractivity (Wildman–Crippen MR) is 92.2 cm³/mol. The summed E-state index contributed by atoms with van der Waals surface area (Å²) in [5.41, 5.74) is -1.39. The molecule has 152 valence electrons. The molecule has 10 heteroatoms. The average molecular weight is 421 g/mol. The summed E-state index contributed by atoms with van der Waals surface area (Å²) in [4.78, 5) is 12.5. The molecule has 1 aliphatic rings. The van der Waals surface area contributed by atoms with Crippen LogP contribution in [0.2, 0.25) is 0 Å². The Hall–Kier alpha value is -2.13. The van der Waals surface area contributed by atoms with Gasteiger partial charge in [0.15, 0.2) is 11.5 Å². The van der Waals surface area contributed by atoms with E-state index in [1.165, 1.54) is 0 Å². The molecule has 0 unspecified atom stereocenters. The van der Waals surface area contributed by atoms with Gasteiger partial charge in [0.2, 0.25) is 0 Å². The van der Waals surface area contributed by atoms with E-state index in [-0.39, 0.29) is 34.5 Å². The molecule has 0 radical (unpaired) electrons. The zero-order chi connectivity index (χ0) is 20.5. The van der Waals surface area contributed by atoms with Crippen molar-refractivity contribution < 1.29 is 32.0 Å². The molecule has 2 aromatic rings. The van der Waals surface area contributed by atoms with Crippen molar-refractivity contribution in [2.45, 2.75) is 49.9 Å². The molecule has 1 aromatic carbocycles. The van der Waals surface area contributed by atoms with Crippen molar-refractivity contribution >= 4 is 17.5 Å². The fourth-order valence-corrected chi connectivity index (χ4v) is 3.52. The Morgan fingerprint density at radius 3 is 2.71 bits per heavy atom. The van der Waals surface area contributed by atoms with Gasteiger partial charge >= 0.3 is 6.18 Å². The van der Waals surface area contributed by atoms with Crippen molar-refractivity contribution in [1.82, 2.24) is 10.5 Å². The monoisotopic (exact) mass is 420 g/mol. The van der Waals surface area contributed by atoms with E-state index in [0.29, 0.717) is 31.4 Å². The highest BCUT2D eigenvalue weighted by atomic mass is 35.5. The van der Waals surface area contributed by atoms with Crippen LogP contribution < -0.4 is 5.32 Å². The van der Waals surface area contributed by atoms with Gasteiger partial charge in [-0.05, 0) is 37.8 Å². The van der Waals surface area contributed by atoms with E-state index in [1.54, 1.807) is 0 Å². The normalized spacial score (nSPS) is 20.2. The summed E-state index contributed by atoms with van der Waals surface area (Å²) in [6.07, 6.45) is -2.76. The first kappa shape index (κ1) is 20.6. The Bertz CT molecular complexity index is 869. The van der Waals surface area contributed by atoms with Crippen molar-refractivity contribution in [2.75, 3.05) is 0 Å². The fraction of sp³-hybridized carbons (Fsp3) is 0.444. The summed E-state index contributed by atoms with van der Waals surface area (Å²) in [7, 11) is 0. The molecule has 3 rings (SSSR count). The van der Waals surface area contributed by atoms with Gasteiger partial charge in [0.1, 0.15) is 5.82 Å². The number of nitrogens with one attached hydrogen (secondary N) is 1. The van der Waals surface area contributed by atoms with Crippen LogP contribution in [0, 0.1) is 5.82 Å². The van der Waals surface area contributed by atoms with E-state index >= 15 is 0 Å². The first-order chi connectivity index (χ1) is 13.2. The molecule has 0 bridgehead atoms. The van der Waals surface area contributed by atoms with Crippen LogP contribution in [0.3, 0.4) is 0 Å². The van der Waals surface area contributed by atoms with Crippen LogP contribution in [-0.4, -0.2) is 28.3 Å². The lowest BCUT2D eigenvalue weighted by atomic mass is 9.93. The summed E-state index contributed by atoms with van der Waals surface area (Å²) < 4.78 is 57.1. The van der Waals surface area contributed by atoms with E-state index < -0.39 is 29.6 Å². The molecule has 1 heterocycles. The van der Waals surface area contributed by atoms with E-state index in [1.807, 2.05) is 0 Å². The fourth-order valence-electron chi connectivity index (χ4n) is 3.27. The summed E-state index contributed by atoms with van der Waals surface area (Å²) in [6.45, 7) is 0. The minimum Gasteiger partial charge on any atom is -0.393 e. The second kappa shape index (κ2) is 8.08. The van der Waals surface area contributed by atoms with Gasteiger partial charge in [0.25, 0.3) is 5.91 Å². The third-order valence-corrected chi connectivity index (χ3v) is 4.92. The van der Waals surface area contributed by atoms with Crippen LogP contribution in [0.5, 0.6) is 0 Å². The van der Waals surface area contributed by atoms with Crippen molar-refractivity contribution in [2.24, 2.45) is 0 Å². The Kier molecular flexibility index (Phi) is 5.95. The molecule has 2 atom stereocenters. The highest BCUT2D eigenvalue weighted by Crippen LogP contribution is 2.35. The predicted octanol–water partition coefficient (Wildman–Crippen LogP) is 4.27. The largest absolute Gasteiger partial charge is 0.419 e. The number of aromatic nitrogens is 1. The van der Waals surface area contributed by atoms with Crippen molar-refractivity contribution in [3.8, 4) is 11.3 Å². The number of hydrogen-bond acceptors (Lipinski definition) is 4. The average Bonchev–Trinajstić information content (AvgIpc) is 3.04. The Balaban J connectivity index is 1.86. The molecule has 0 saturated heterocycles. The lowest BCUT2D eigenvalue weighted by Crippen LogP contribution is -2.40. The van der Waals surface area contributed by atoms with Crippen molar-refractivity contribution in [3.05, 3.63) is 40.8 Å². The number of nitrogens with zero attached hydrogens (tertiary/aromatic N) is 1. The van der Waals surface area contributed by atoms with Gasteiger partial charge in [-0.2, -0.15) is 13.2 Å². The number of amides is 1.